The summed E-state index contributed by atoms with van der Waals surface area (Å²) in [4.78, 5) is 11.0. The molecule has 15 heavy (non-hydrogen) atoms. The monoisotopic (exact) mass is 207 g/mol. The molecule has 4 nitrogen and oxygen atoms in total. The van der Waals surface area contributed by atoms with Crippen molar-refractivity contribution in [2.75, 3.05) is 0 Å². The first-order valence-electron chi connectivity index (χ1n) is 4.16. The summed E-state index contributed by atoms with van der Waals surface area (Å²) in [6, 6.07) is 5.66. The zero-order chi connectivity index (χ0) is 11.3. The van der Waals surface area contributed by atoms with Crippen LogP contribution in [0.2, 0.25) is 0 Å². The van der Waals surface area contributed by atoms with E-state index in [2.05, 4.69) is 5.32 Å². The average molecular weight is 207 g/mol. The maximum atomic E-state index is 12.5. The van der Waals surface area contributed by atoms with Crippen molar-refractivity contribution in [1.82, 2.24) is 5.32 Å². The van der Waals surface area contributed by atoms with Crippen LogP contribution < -0.4 is 11.1 Å². The first-order chi connectivity index (χ1) is 7.08. The topological polar surface area (TPSA) is 79.0 Å². The maximum absolute atomic E-state index is 12.5. The van der Waals surface area contributed by atoms with E-state index in [-0.39, 0.29) is 5.82 Å². The predicted octanol–water partition coefficient (Wildman–Crippen LogP) is 0.849. The largest absolute Gasteiger partial charge is 0.370 e. The van der Waals surface area contributed by atoms with Gasteiger partial charge < -0.3 is 5.73 Å². The molecule has 0 aromatic heterocycles. The number of amides is 1. The van der Waals surface area contributed by atoms with E-state index in [4.69, 9.17) is 11.1 Å². The molecule has 0 atom stereocenters. The maximum Gasteiger partial charge on any atom is 0.250 e. The van der Waals surface area contributed by atoms with E-state index < -0.39 is 11.9 Å². The lowest BCUT2D eigenvalue weighted by Crippen LogP contribution is -2.34. The third-order valence-corrected chi connectivity index (χ3v) is 1.56. The highest BCUT2D eigenvalue weighted by molar-refractivity contribution is 6.02. The first-order valence-corrected chi connectivity index (χ1v) is 4.16. The van der Waals surface area contributed by atoms with E-state index in [0.29, 0.717) is 5.56 Å². The fourth-order valence-electron chi connectivity index (χ4n) is 0.920. The van der Waals surface area contributed by atoms with Gasteiger partial charge in [0.2, 0.25) is 0 Å². The number of hydrogen-bond acceptors (Lipinski definition) is 2. The number of carbonyl (C=O) groups excluding carboxylic acids is 1. The van der Waals surface area contributed by atoms with E-state index >= 15 is 0 Å². The minimum atomic E-state index is -0.494. The summed E-state index contributed by atoms with van der Waals surface area (Å²) in [6.07, 6.45) is 2.71. The number of benzene rings is 1. The number of halogens is 1. The van der Waals surface area contributed by atoms with Gasteiger partial charge in [-0.1, -0.05) is 12.1 Å². The number of nitrogens with two attached hydrogens (primary N) is 1. The molecule has 1 amide bonds. The minimum absolute atomic E-state index is 0.333. The second kappa shape index (κ2) is 4.90. The Morgan fingerprint density at radius 1 is 1.40 bits per heavy atom. The van der Waals surface area contributed by atoms with Crippen molar-refractivity contribution >= 4 is 17.9 Å². The lowest BCUT2D eigenvalue weighted by atomic mass is 10.2. The molecule has 1 aromatic rings. The van der Waals surface area contributed by atoms with Crippen LogP contribution in [-0.2, 0) is 4.79 Å². The summed E-state index contributed by atoms with van der Waals surface area (Å²) in [5, 5.41) is 8.88. The van der Waals surface area contributed by atoms with Crippen LogP contribution in [0.4, 0.5) is 4.39 Å². The number of nitrogens with one attached hydrogen (secondary N) is 2. The lowest BCUT2D eigenvalue weighted by Gasteiger charge is -1.96. The molecule has 0 saturated carbocycles. The predicted molar refractivity (Wildman–Crippen MR) is 55.5 cm³/mol. The summed E-state index contributed by atoms with van der Waals surface area (Å²) in [7, 11) is 0. The Morgan fingerprint density at radius 3 is 2.53 bits per heavy atom. The minimum Gasteiger partial charge on any atom is -0.370 e. The zero-order valence-electron chi connectivity index (χ0n) is 7.83. The van der Waals surface area contributed by atoms with Crippen molar-refractivity contribution in [2.45, 2.75) is 0 Å². The summed E-state index contributed by atoms with van der Waals surface area (Å²) >= 11 is 0. The van der Waals surface area contributed by atoms with Crippen LogP contribution in [0.1, 0.15) is 5.56 Å². The van der Waals surface area contributed by atoms with Crippen LogP contribution in [0.25, 0.3) is 6.08 Å². The molecule has 1 aromatic carbocycles. The van der Waals surface area contributed by atoms with E-state index in [0.717, 1.165) is 0 Å². The van der Waals surface area contributed by atoms with E-state index in [9.17, 15) is 9.18 Å². The fourth-order valence-corrected chi connectivity index (χ4v) is 0.920. The number of hydrogen-bond donors (Lipinski definition) is 3. The van der Waals surface area contributed by atoms with Gasteiger partial charge in [0, 0.05) is 6.08 Å². The van der Waals surface area contributed by atoms with Gasteiger partial charge in [0.15, 0.2) is 5.96 Å². The van der Waals surface area contributed by atoms with Crippen LogP contribution in [0.5, 0.6) is 0 Å². The molecule has 0 bridgehead atoms. The smallest absolute Gasteiger partial charge is 0.250 e. The van der Waals surface area contributed by atoms with Crippen LogP contribution in [0, 0.1) is 11.2 Å². The standard InChI is InChI=1S/C10H10FN3O/c11-8-4-1-7(2-5-8)3-6-9(15)14-10(12)13/h1-6H,(H4,12,13,14,15). The molecule has 5 heteroatoms. The van der Waals surface area contributed by atoms with Gasteiger partial charge in [-0.15, -0.1) is 0 Å². The van der Waals surface area contributed by atoms with Gasteiger partial charge in [0.05, 0.1) is 0 Å². The van der Waals surface area contributed by atoms with Gasteiger partial charge in [-0.2, -0.15) is 0 Å². The van der Waals surface area contributed by atoms with E-state index in [1.165, 1.54) is 36.4 Å². The Morgan fingerprint density at radius 2 is 2.00 bits per heavy atom. The first kappa shape index (κ1) is 10.9. The lowest BCUT2D eigenvalue weighted by molar-refractivity contribution is -0.115. The SMILES string of the molecule is N=C(N)NC(=O)C=Cc1ccc(F)cc1. The van der Waals surface area contributed by atoms with Gasteiger partial charge in [-0.05, 0) is 23.8 Å². The summed E-state index contributed by atoms with van der Waals surface area (Å²) in [5.41, 5.74) is 5.64. The molecular formula is C10H10FN3O. The van der Waals surface area contributed by atoms with Crippen molar-refractivity contribution < 1.29 is 9.18 Å². The highest BCUT2D eigenvalue weighted by Crippen LogP contribution is 2.04. The Bertz CT molecular complexity index is 398. The van der Waals surface area contributed by atoms with Crippen LogP contribution in [0.15, 0.2) is 30.3 Å². The van der Waals surface area contributed by atoms with Crippen molar-refractivity contribution in [3.63, 3.8) is 0 Å². The molecule has 0 fully saturated rings. The molecule has 78 valence electrons. The average Bonchev–Trinajstić information content (AvgIpc) is 2.16. The summed E-state index contributed by atoms with van der Waals surface area (Å²) in [6.45, 7) is 0. The third kappa shape index (κ3) is 4.04. The second-order valence-electron chi connectivity index (χ2n) is 2.79. The van der Waals surface area contributed by atoms with Gasteiger partial charge in [0.1, 0.15) is 5.82 Å². The van der Waals surface area contributed by atoms with Gasteiger partial charge in [-0.3, -0.25) is 15.5 Å². The molecule has 1 rings (SSSR count). The van der Waals surface area contributed by atoms with Crippen molar-refractivity contribution in [3.8, 4) is 0 Å². The molecular weight excluding hydrogens is 197 g/mol. The Kier molecular flexibility index (Phi) is 3.56. The van der Waals surface area contributed by atoms with E-state index in [1.54, 1.807) is 0 Å². The molecule has 0 unspecified atom stereocenters. The van der Waals surface area contributed by atoms with Crippen LogP contribution >= 0.6 is 0 Å². The normalized spacial score (nSPS) is 10.2. The van der Waals surface area contributed by atoms with Crippen molar-refractivity contribution in [2.24, 2.45) is 5.73 Å². The van der Waals surface area contributed by atoms with Crippen LogP contribution in [0.3, 0.4) is 0 Å². The Hall–Kier alpha value is -2.17. The van der Waals surface area contributed by atoms with Gasteiger partial charge in [-0.25, -0.2) is 4.39 Å². The number of carbonyl (C=O) groups is 1. The molecule has 0 aliphatic heterocycles. The number of rotatable bonds is 2. The number of guanidine groups is 1. The summed E-state index contributed by atoms with van der Waals surface area (Å²) < 4.78 is 12.5. The molecule has 0 aliphatic rings. The zero-order valence-corrected chi connectivity index (χ0v) is 7.83. The quantitative estimate of drug-likeness (QED) is 0.382. The van der Waals surface area contributed by atoms with Gasteiger partial charge in [0.25, 0.3) is 5.91 Å². The third-order valence-electron chi connectivity index (χ3n) is 1.56. The second-order valence-corrected chi connectivity index (χ2v) is 2.79. The molecule has 0 aliphatic carbocycles. The highest BCUT2D eigenvalue weighted by Gasteiger charge is 1.95. The highest BCUT2D eigenvalue weighted by atomic mass is 19.1. The molecule has 4 N–H and O–H groups in total. The van der Waals surface area contributed by atoms with Crippen LogP contribution in [-0.4, -0.2) is 11.9 Å². The summed E-state index contributed by atoms with van der Waals surface area (Å²) in [5.74, 6) is -1.24. The Labute approximate surface area is 86.1 Å². The van der Waals surface area contributed by atoms with Gasteiger partial charge >= 0.3 is 0 Å². The molecule has 0 saturated heterocycles. The fraction of sp³-hybridized carbons (Fsp3) is 0. The Balaban J connectivity index is 2.61. The molecule has 0 radical (unpaired) electrons. The van der Waals surface area contributed by atoms with Crippen molar-refractivity contribution in [3.05, 3.63) is 41.7 Å². The van der Waals surface area contributed by atoms with E-state index in [1.807, 2.05) is 0 Å². The molecule has 0 spiro atoms. The van der Waals surface area contributed by atoms with Crippen molar-refractivity contribution in [1.29, 1.82) is 5.41 Å². The molecule has 0 heterocycles.